The fourth-order valence-electron chi connectivity index (χ4n) is 4.67. The highest BCUT2D eigenvalue weighted by Gasteiger charge is 2.37. The molecule has 0 fully saturated rings. The van der Waals surface area contributed by atoms with Crippen LogP contribution in [0.25, 0.3) is 10.9 Å². The summed E-state index contributed by atoms with van der Waals surface area (Å²) in [5, 5.41) is 12.1. The average Bonchev–Trinajstić information content (AvgIpc) is 3.06. The van der Waals surface area contributed by atoms with Crippen LogP contribution in [-0.2, 0) is 24.3 Å². The van der Waals surface area contributed by atoms with Crippen LogP contribution in [0.1, 0.15) is 31.9 Å². The molecule has 220 valence electrons. The molecule has 12 nitrogen and oxygen atoms in total. The molecule has 1 atom stereocenters. The number of nitrogens with one attached hydrogen (secondary N) is 1. The lowest BCUT2D eigenvalue weighted by atomic mass is 9.99. The maximum Gasteiger partial charge on any atom is 0.326 e. The van der Waals surface area contributed by atoms with E-state index in [1.807, 2.05) is 0 Å². The van der Waals surface area contributed by atoms with Crippen molar-refractivity contribution in [3.63, 3.8) is 0 Å². The summed E-state index contributed by atoms with van der Waals surface area (Å²) < 4.78 is 35.4. The molecule has 0 aliphatic carbocycles. The first-order chi connectivity index (χ1) is 20.3. The number of nitro groups is 1. The number of pyridine rings is 1. The Bertz CT molecular complexity index is 1900. The lowest BCUT2D eigenvalue weighted by Crippen LogP contribution is -2.49. The van der Waals surface area contributed by atoms with Crippen molar-refractivity contribution in [2.75, 3.05) is 11.4 Å². The van der Waals surface area contributed by atoms with Crippen molar-refractivity contribution in [3.8, 4) is 0 Å². The highest BCUT2D eigenvalue weighted by molar-refractivity contribution is 7.89. The van der Waals surface area contributed by atoms with Gasteiger partial charge >= 0.3 is 5.97 Å². The van der Waals surface area contributed by atoms with Gasteiger partial charge in [-0.15, -0.1) is 0 Å². The largest absolute Gasteiger partial charge is 0.459 e. The van der Waals surface area contributed by atoms with Crippen LogP contribution in [0.5, 0.6) is 0 Å². The number of hydrogen-bond donors (Lipinski definition) is 1. The van der Waals surface area contributed by atoms with E-state index in [1.54, 1.807) is 75.4 Å². The van der Waals surface area contributed by atoms with Gasteiger partial charge in [0.1, 0.15) is 17.0 Å². The summed E-state index contributed by atoms with van der Waals surface area (Å²) in [6, 6.07) is 20.1. The van der Waals surface area contributed by atoms with Crippen molar-refractivity contribution in [1.82, 2.24) is 9.71 Å². The Labute approximate surface area is 247 Å². The molecule has 13 heteroatoms. The molecule has 1 amide bonds. The van der Waals surface area contributed by atoms with E-state index in [2.05, 4.69) is 14.7 Å². The number of carbonyl (C=O) groups excluding carboxylic acids is 2. The molecule has 3 aromatic carbocycles. The third-order valence-corrected chi connectivity index (χ3v) is 7.84. The number of anilines is 1. The number of para-hydroxylation sites is 2. The molecular formula is C30H27N5O7S. The molecule has 5 rings (SSSR count). The Morgan fingerprint density at radius 3 is 2.51 bits per heavy atom. The van der Waals surface area contributed by atoms with Gasteiger partial charge in [-0.25, -0.2) is 8.42 Å². The molecule has 1 unspecified atom stereocenters. The summed E-state index contributed by atoms with van der Waals surface area (Å²) in [4.78, 5) is 47.7. The van der Waals surface area contributed by atoms with Crippen LogP contribution in [0.2, 0.25) is 0 Å². The Morgan fingerprint density at radius 1 is 1.05 bits per heavy atom. The number of benzene rings is 3. The van der Waals surface area contributed by atoms with Crippen molar-refractivity contribution < 1.29 is 27.7 Å². The minimum Gasteiger partial charge on any atom is -0.459 e. The van der Waals surface area contributed by atoms with Gasteiger partial charge in [0, 0.05) is 34.8 Å². The summed E-state index contributed by atoms with van der Waals surface area (Å²) in [6.07, 6.45) is -0.302. The third kappa shape index (κ3) is 6.27. The molecule has 1 aliphatic rings. The lowest BCUT2D eigenvalue weighted by Gasteiger charge is -2.27. The van der Waals surface area contributed by atoms with Gasteiger partial charge in [0.15, 0.2) is 6.17 Å². The Kier molecular flexibility index (Phi) is 7.78. The van der Waals surface area contributed by atoms with Crippen LogP contribution < -0.4 is 9.62 Å². The van der Waals surface area contributed by atoms with E-state index in [9.17, 15) is 28.1 Å². The Morgan fingerprint density at radius 2 is 1.77 bits per heavy atom. The van der Waals surface area contributed by atoms with E-state index in [1.165, 1.54) is 30.5 Å². The highest BCUT2D eigenvalue weighted by atomic mass is 32.2. The molecular weight excluding hydrogens is 574 g/mol. The molecule has 1 N–H and O–H groups in total. The standard InChI is InChI=1S/C30H27N5O7S/c1-30(2,3)42-25(36)18-34-23-14-5-4-13-22(23)26(20-10-6-12-21(17-20)35(38)39)32-28(29(34)37)33-43(40,41)24-15-7-9-19-11-8-16-31-27(19)24/h4-17,28,33H,18H2,1-3H3. The van der Waals surface area contributed by atoms with Crippen LogP contribution in [-0.4, -0.2) is 54.2 Å². The number of rotatable bonds is 7. The summed E-state index contributed by atoms with van der Waals surface area (Å²) in [5.41, 5.74) is 0.102. The number of benzodiazepines with no additional fused rings is 1. The first-order valence-corrected chi connectivity index (χ1v) is 14.6. The molecule has 0 bridgehead atoms. The van der Waals surface area contributed by atoms with E-state index < -0.39 is 45.1 Å². The lowest BCUT2D eigenvalue weighted by molar-refractivity contribution is -0.384. The predicted octanol–water partition coefficient (Wildman–Crippen LogP) is 3.97. The first kappa shape index (κ1) is 29.5. The average molecular weight is 602 g/mol. The van der Waals surface area contributed by atoms with Crippen LogP contribution in [0, 0.1) is 10.1 Å². The van der Waals surface area contributed by atoms with Gasteiger partial charge in [0.25, 0.3) is 11.6 Å². The number of non-ortho nitro benzene ring substituents is 1. The number of ether oxygens (including phenoxy) is 1. The molecule has 0 saturated heterocycles. The number of hydrogen-bond acceptors (Lipinski definition) is 9. The Hall–Kier alpha value is -5.01. The fraction of sp³-hybridized carbons (Fsp3) is 0.200. The zero-order valence-electron chi connectivity index (χ0n) is 23.4. The maximum absolute atomic E-state index is 14.1. The molecule has 1 aromatic heterocycles. The summed E-state index contributed by atoms with van der Waals surface area (Å²) in [7, 11) is -4.42. The highest BCUT2D eigenvalue weighted by Crippen LogP contribution is 2.30. The van der Waals surface area contributed by atoms with Crippen molar-refractivity contribution in [2.24, 2.45) is 4.99 Å². The first-order valence-electron chi connectivity index (χ1n) is 13.2. The number of aromatic nitrogens is 1. The number of amides is 1. The van der Waals surface area contributed by atoms with Gasteiger partial charge in [0.05, 0.1) is 21.8 Å². The number of aliphatic imine (C=N–C) groups is 1. The molecule has 0 spiro atoms. The van der Waals surface area contributed by atoms with Crippen molar-refractivity contribution in [1.29, 1.82) is 0 Å². The van der Waals surface area contributed by atoms with E-state index in [0.29, 0.717) is 10.9 Å². The predicted molar refractivity (Wildman–Crippen MR) is 159 cm³/mol. The van der Waals surface area contributed by atoms with Crippen LogP contribution >= 0.6 is 0 Å². The van der Waals surface area contributed by atoms with Gasteiger partial charge in [-0.3, -0.25) is 34.6 Å². The number of nitrogens with zero attached hydrogens (tertiary/aromatic N) is 4. The fourth-order valence-corrected chi connectivity index (χ4v) is 5.93. The third-order valence-electron chi connectivity index (χ3n) is 6.40. The van der Waals surface area contributed by atoms with Gasteiger partial charge in [0.2, 0.25) is 10.0 Å². The van der Waals surface area contributed by atoms with E-state index in [4.69, 9.17) is 4.74 Å². The second-order valence-corrected chi connectivity index (χ2v) is 12.4. The van der Waals surface area contributed by atoms with Gasteiger partial charge in [-0.2, -0.15) is 4.72 Å². The normalized spacial score (nSPS) is 15.4. The minimum atomic E-state index is -4.42. The molecule has 4 aromatic rings. The SMILES string of the molecule is CC(C)(C)OC(=O)CN1C(=O)C(NS(=O)(=O)c2cccc3cccnc23)N=C(c2cccc([N+](=O)[O-])c2)c2ccccc21. The minimum absolute atomic E-state index is 0.114. The number of carbonyl (C=O) groups is 2. The Balaban J connectivity index is 1.67. The monoisotopic (exact) mass is 601 g/mol. The summed E-state index contributed by atoms with van der Waals surface area (Å²) >= 11 is 0. The van der Waals surface area contributed by atoms with Gasteiger partial charge < -0.3 is 4.74 Å². The summed E-state index contributed by atoms with van der Waals surface area (Å²) in [5.74, 6) is -1.58. The number of fused-ring (bicyclic) bond motifs is 2. The summed E-state index contributed by atoms with van der Waals surface area (Å²) in [6.45, 7) is 4.50. The topological polar surface area (TPSA) is 161 Å². The van der Waals surface area contributed by atoms with Crippen molar-refractivity contribution >= 4 is 49.9 Å². The molecule has 1 aliphatic heterocycles. The van der Waals surface area contributed by atoms with Crippen LogP contribution in [0.4, 0.5) is 11.4 Å². The smallest absolute Gasteiger partial charge is 0.326 e. The van der Waals surface area contributed by atoms with E-state index in [0.717, 1.165) is 4.90 Å². The van der Waals surface area contributed by atoms with Gasteiger partial charge in [-0.05, 0) is 39.0 Å². The van der Waals surface area contributed by atoms with E-state index >= 15 is 0 Å². The second-order valence-electron chi connectivity index (χ2n) is 10.7. The van der Waals surface area contributed by atoms with Crippen LogP contribution in [0.15, 0.2) is 94.9 Å². The molecule has 43 heavy (non-hydrogen) atoms. The van der Waals surface area contributed by atoms with Crippen molar-refractivity contribution in [3.05, 3.63) is 106 Å². The number of nitro benzene ring substituents is 1. The molecule has 0 saturated carbocycles. The van der Waals surface area contributed by atoms with Crippen LogP contribution in [0.3, 0.4) is 0 Å². The van der Waals surface area contributed by atoms with Crippen molar-refractivity contribution in [2.45, 2.75) is 37.4 Å². The quantitative estimate of drug-likeness (QED) is 0.189. The zero-order valence-corrected chi connectivity index (χ0v) is 24.2. The van der Waals surface area contributed by atoms with E-state index in [-0.39, 0.29) is 33.1 Å². The van der Waals surface area contributed by atoms with Gasteiger partial charge in [-0.1, -0.05) is 48.5 Å². The molecule has 0 radical (unpaired) electrons. The number of esters is 1. The molecule has 2 heterocycles. The zero-order chi connectivity index (χ0) is 30.9. The number of sulfonamides is 1. The maximum atomic E-state index is 14.1. The second kappa shape index (κ2) is 11.3.